The monoisotopic (exact) mass is 549 g/mol. The second kappa shape index (κ2) is 9.44. The molecule has 0 saturated carbocycles. The van der Waals surface area contributed by atoms with Gasteiger partial charge in [-0.05, 0) is 84.5 Å². The average molecular weight is 550 g/mol. The molecule has 200 valence electrons. The maximum Gasteiger partial charge on any atom is 0.143 e. The van der Waals surface area contributed by atoms with E-state index in [0.717, 1.165) is 43.6 Å². The molecule has 0 aliphatic rings. The van der Waals surface area contributed by atoms with E-state index >= 15 is 0 Å². The van der Waals surface area contributed by atoms with Gasteiger partial charge in [-0.3, -0.25) is 0 Å². The van der Waals surface area contributed by atoms with Gasteiger partial charge in [0.25, 0.3) is 0 Å². The van der Waals surface area contributed by atoms with Crippen LogP contribution in [0.1, 0.15) is 4.11 Å². The van der Waals surface area contributed by atoms with Crippen LogP contribution in [0.4, 0.5) is 0 Å². The van der Waals surface area contributed by atoms with Crippen molar-refractivity contribution in [3.63, 3.8) is 0 Å². The zero-order valence-electron chi connectivity index (χ0n) is 26.2. The van der Waals surface area contributed by atoms with E-state index in [0.29, 0.717) is 16.5 Å². The van der Waals surface area contributed by atoms with E-state index < -0.39 is 0 Å². The van der Waals surface area contributed by atoms with E-state index in [1.807, 2.05) is 54.6 Å². The molecule has 0 aliphatic carbocycles. The Hall–Kier alpha value is -5.66. The van der Waals surface area contributed by atoms with Crippen molar-refractivity contribution in [1.82, 2.24) is 0 Å². The molecule has 0 atom stereocenters. The lowest BCUT2D eigenvalue weighted by Gasteiger charge is -2.18. The molecular weight excluding hydrogens is 520 g/mol. The summed E-state index contributed by atoms with van der Waals surface area (Å²) in [6.07, 6.45) is 0. The second-order valence-corrected chi connectivity index (χ2v) is 11.0. The van der Waals surface area contributed by atoms with Crippen molar-refractivity contribution in [2.24, 2.45) is 0 Å². The fraction of sp³-hybridized carbons (Fsp3) is 0. The zero-order chi connectivity index (χ0) is 30.9. The maximum atomic E-state index is 9.42. The Bertz CT molecular complexity index is 2610. The first kappa shape index (κ1) is 21.1. The molecule has 0 N–H and O–H groups in total. The SMILES string of the molecule is [2H]c1c(-c2cccc(-c3c4ccccc4c(-c4ccccc4)c4ccccc34)c2)c([2H])c2c(oc3c4ccccc4ccc32)c1[2H]. The molecule has 0 aliphatic heterocycles. The topological polar surface area (TPSA) is 13.1 Å². The summed E-state index contributed by atoms with van der Waals surface area (Å²) in [6, 6.07) is 47.9. The fourth-order valence-electron chi connectivity index (χ4n) is 6.64. The predicted octanol–water partition coefficient (Wildman–Crippen LogP) is 12.0. The van der Waals surface area contributed by atoms with Crippen molar-refractivity contribution in [3.05, 3.63) is 158 Å². The summed E-state index contributed by atoms with van der Waals surface area (Å²) in [7, 11) is 0. The smallest absolute Gasteiger partial charge is 0.143 e. The number of benzene rings is 8. The number of fused-ring (bicyclic) bond motifs is 7. The molecule has 0 bridgehead atoms. The standard InChI is InChI=1S/C42H26O/c1-2-12-28(13-3-1)40-33-17-6-8-19-35(33)41(36-20-9-7-18-34(36)40)31-15-10-14-29(25-31)30-22-24-39-38(26-30)37-23-21-27-11-4-5-16-32(27)42(37)43-39/h1-26H/i22D,24D,26D. The highest BCUT2D eigenvalue weighted by molar-refractivity contribution is 6.21. The Balaban J connectivity index is 1.32. The fourth-order valence-corrected chi connectivity index (χ4v) is 6.64. The van der Waals surface area contributed by atoms with Crippen LogP contribution < -0.4 is 0 Å². The Labute approximate surface area is 253 Å². The summed E-state index contributed by atoms with van der Waals surface area (Å²) in [6.45, 7) is 0. The van der Waals surface area contributed by atoms with Gasteiger partial charge >= 0.3 is 0 Å². The normalized spacial score (nSPS) is 12.7. The van der Waals surface area contributed by atoms with Gasteiger partial charge in [0.05, 0.1) is 4.11 Å². The highest BCUT2D eigenvalue weighted by atomic mass is 16.3. The van der Waals surface area contributed by atoms with Gasteiger partial charge in [0, 0.05) is 16.2 Å². The first-order valence-electron chi connectivity index (χ1n) is 16.0. The third-order valence-electron chi connectivity index (χ3n) is 8.57. The number of hydrogen-bond acceptors (Lipinski definition) is 1. The van der Waals surface area contributed by atoms with E-state index in [1.54, 1.807) is 0 Å². The van der Waals surface area contributed by atoms with E-state index in [1.165, 1.54) is 21.9 Å². The maximum absolute atomic E-state index is 9.42. The number of hydrogen-bond donors (Lipinski definition) is 0. The molecule has 9 aromatic rings. The van der Waals surface area contributed by atoms with Crippen molar-refractivity contribution < 1.29 is 8.53 Å². The lowest BCUT2D eigenvalue weighted by Crippen LogP contribution is -1.91. The summed E-state index contributed by atoms with van der Waals surface area (Å²) < 4.78 is 33.8. The summed E-state index contributed by atoms with van der Waals surface area (Å²) in [4.78, 5) is 0. The van der Waals surface area contributed by atoms with Gasteiger partial charge < -0.3 is 4.42 Å². The van der Waals surface area contributed by atoms with Crippen LogP contribution in [0.2, 0.25) is 0 Å². The summed E-state index contributed by atoms with van der Waals surface area (Å²) >= 11 is 0. The summed E-state index contributed by atoms with van der Waals surface area (Å²) in [5, 5.41) is 7.94. The van der Waals surface area contributed by atoms with Gasteiger partial charge in [-0.25, -0.2) is 0 Å². The molecule has 1 aromatic heterocycles. The van der Waals surface area contributed by atoms with E-state index in [4.69, 9.17) is 7.16 Å². The first-order valence-corrected chi connectivity index (χ1v) is 14.5. The predicted molar refractivity (Wildman–Crippen MR) is 183 cm³/mol. The van der Waals surface area contributed by atoms with Crippen molar-refractivity contribution in [2.45, 2.75) is 0 Å². The minimum absolute atomic E-state index is 0.00482. The molecule has 0 spiro atoms. The minimum atomic E-state index is -0.00727. The molecule has 0 fully saturated rings. The van der Waals surface area contributed by atoms with Gasteiger partial charge in [-0.1, -0.05) is 133 Å². The van der Waals surface area contributed by atoms with Crippen LogP contribution in [0.25, 0.3) is 87.6 Å². The molecule has 43 heavy (non-hydrogen) atoms. The van der Waals surface area contributed by atoms with Crippen LogP contribution in [0.5, 0.6) is 0 Å². The summed E-state index contributed by atoms with van der Waals surface area (Å²) in [5.41, 5.74) is 6.59. The molecule has 0 amide bonds. The Morgan fingerprint density at radius 1 is 0.395 bits per heavy atom. The lowest BCUT2D eigenvalue weighted by molar-refractivity contribution is 0.672. The quantitative estimate of drug-likeness (QED) is 0.200. The van der Waals surface area contributed by atoms with Crippen LogP contribution in [-0.4, -0.2) is 0 Å². The van der Waals surface area contributed by atoms with Gasteiger partial charge in [0.1, 0.15) is 11.2 Å². The summed E-state index contributed by atoms with van der Waals surface area (Å²) in [5.74, 6) is 0. The van der Waals surface area contributed by atoms with Crippen LogP contribution >= 0.6 is 0 Å². The second-order valence-electron chi connectivity index (χ2n) is 11.0. The van der Waals surface area contributed by atoms with Gasteiger partial charge in [0.2, 0.25) is 0 Å². The minimum Gasteiger partial charge on any atom is -0.455 e. The van der Waals surface area contributed by atoms with E-state index in [9.17, 15) is 1.37 Å². The molecule has 8 aromatic carbocycles. The van der Waals surface area contributed by atoms with Crippen LogP contribution in [-0.2, 0) is 0 Å². The van der Waals surface area contributed by atoms with Crippen molar-refractivity contribution >= 4 is 54.3 Å². The van der Waals surface area contributed by atoms with Crippen LogP contribution in [0, 0.1) is 0 Å². The van der Waals surface area contributed by atoms with E-state index in [2.05, 4.69) is 84.9 Å². The van der Waals surface area contributed by atoms with Crippen molar-refractivity contribution in [2.75, 3.05) is 0 Å². The Kier molecular flexibility index (Phi) is 4.63. The van der Waals surface area contributed by atoms with E-state index in [-0.39, 0.29) is 23.7 Å². The molecule has 1 nitrogen and oxygen atoms in total. The highest BCUT2D eigenvalue weighted by Crippen LogP contribution is 2.44. The lowest BCUT2D eigenvalue weighted by atomic mass is 9.85. The molecule has 0 unspecified atom stereocenters. The van der Waals surface area contributed by atoms with Crippen LogP contribution in [0.3, 0.4) is 0 Å². The molecule has 1 heteroatoms. The molecule has 0 radical (unpaired) electrons. The zero-order valence-corrected chi connectivity index (χ0v) is 23.2. The largest absolute Gasteiger partial charge is 0.455 e. The third-order valence-corrected chi connectivity index (χ3v) is 8.57. The third kappa shape index (κ3) is 3.72. The van der Waals surface area contributed by atoms with Crippen molar-refractivity contribution in [3.8, 4) is 33.4 Å². The Morgan fingerprint density at radius 2 is 0.977 bits per heavy atom. The molecule has 0 saturated heterocycles. The van der Waals surface area contributed by atoms with Crippen LogP contribution in [0.15, 0.2) is 162 Å². The first-order chi connectivity index (χ1) is 22.6. The van der Waals surface area contributed by atoms with Gasteiger partial charge in [0.15, 0.2) is 0 Å². The number of rotatable bonds is 3. The number of furan rings is 1. The van der Waals surface area contributed by atoms with Crippen molar-refractivity contribution in [1.29, 1.82) is 0 Å². The average Bonchev–Trinajstić information content (AvgIpc) is 3.51. The Morgan fingerprint density at radius 3 is 1.70 bits per heavy atom. The molecule has 1 heterocycles. The molecule has 9 rings (SSSR count). The highest BCUT2D eigenvalue weighted by Gasteiger charge is 2.17. The van der Waals surface area contributed by atoms with Gasteiger partial charge in [-0.15, -0.1) is 0 Å². The van der Waals surface area contributed by atoms with Gasteiger partial charge in [-0.2, -0.15) is 0 Å². The molecular formula is C42H26O.